The Bertz CT molecular complexity index is 867. The van der Waals surface area contributed by atoms with Gasteiger partial charge in [0.15, 0.2) is 5.76 Å². The first kappa shape index (κ1) is 14.3. The fourth-order valence-electron chi connectivity index (χ4n) is 2.09. The van der Waals surface area contributed by atoms with Gasteiger partial charge in [0.05, 0.1) is 11.8 Å². The van der Waals surface area contributed by atoms with Gasteiger partial charge in [-0.15, -0.1) is 0 Å². The minimum absolute atomic E-state index is 0.106. The van der Waals surface area contributed by atoms with E-state index in [1.54, 1.807) is 6.08 Å². The van der Waals surface area contributed by atoms with Gasteiger partial charge < -0.3 is 8.92 Å². The van der Waals surface area contributed by atoms with Crippen LogP contribution in [-0.2, 0) is 10.1 Å². The molecule has 0 unspecified atom stereocenters. The molecule has 0 aromatic heterocycles. The molecule has 0 spiro atoms. The van der Waals surface area contributed by atoms with Gasteiger partial charge in [-0.1, -0.05) is 30.3 Å². The van der Waals surface area contributed by atoms with Crippen LogP contribution in [0.15, 0.2) is 54.3 Å². The first-order chi connectivity index (χ1) is 10.4. The van der Waals surface area contributed by atoms with Crippen LogP contribution in [0.25, 0.3) is 6.08 Å². The molecule has 2 aromatic carbocycles. The van der Waals surface area contributed by atoms with E-state index in [1.807, 2.05) is 30.3 Å². The highest BCUT2D eigenvalue weighted by Gasteiger charge is 2.28. The van der Waals surface area contributed by atoms with E-state index in [2.05, 4.69) is 0 Å². The molecule has 22 heavy (non-hydrogen) atoms. The van der Waals surface area contributed by atoms with Crippen LogP contribution in [0.3, 0.4) is 0 Å². The van der Waals surface area contributed by atoms with E-state index in [9.17, 15) is 13.2 Å². The molecule has 0 radical (unpaired) electrons. The Kier molecular flexibility index (Phi) is 3.46. The number of ether oxygens (including phenoxy) is 1. The van der Waals surface area contributed by atoms with Gasteiger partial charge >= 0.3 is 10.1 Å². The summed E-state index contributed by atoms with van der Waals surface area (Å²) in [6.07, 6.45) is 2.59. The molecule has 0 bridgehead atoms. The van der Waals surface area contributed by atoms with Gasteiger partial charge in [-0.05, 0) is 23.8 Å². The Hall–Kier alpha value is -2.60. The van der Waals surface area contributed by atoms with Crippen molar-refractivity contribution in [3.8, 4) is 11.5 Å². The van der Waals surface area contributed by atoms with Crippen molar-refractivity contribution in [1.82, 2.24) is 0 Å². The minimum Gasteiger partial charge on any atom is -0.452 e. The highest BCUT2D eigenvalue weighted by Crippen LogP contribution is 2.35. The molecule has 0 N–H and O–H groups in total. The molecule has 1 aliphatic heterocycles. The van der Waals surface area contributed by atoms with Crippen LogP contribution in [-0.4, -0.2) is 20.5 Å². The van der Waals surface area contributed by atoms with Crippen molar-refractivity contribution in [3.63, 3.8) is 0 Å². The Morgan fingerprint density at radius 2 is 1.82 bits per heavy atom. The molecule has 0 amide bonds. The van der Waals surface area contributed by atoms with Crippen LogP contribution in [0.2, 0.25) is 0 Å². The molecule has 5 nitrogen and oxygen atoms in total. The first-order valence-corrected chi connectivity index (χ1v) is 8.27. The standard InChI is InChI=1S/C16H12O5S/c1-22(18,19)21-12-7-8-13-14(10-12)20-15(16(13)17)9-11-5-3-2-4-6-11/h2-10H,1H3/b15-9+. The second-order valence-electron chi connectivity index (χ2n) is 4.80. The Morgan fingerprint density at radius 1 is 1.09 bits per heavy atom. The van der Waals surface area contributed by atoms with Crippen molar-refractivity contribution in [2.75, 3.05) is 6.26 Å². The van der Waals surface area contributed by atoms with Crippen LogP contribution in [0.1, 0.15) is 15.9 Å². The van der Waals surface area contributed by atoms with Crippen LogP contribution in [0.5, 0.6) is 11.5 Å². The molecule has 0 saturated carbocycles. The maximum Gasteiger partial charge on any atom is 0.306 e. The summed E-state index contributed by atoms with van der Waals surface area (Å²) in [5.41, 5.74) is 1.22. The van der Waals surface area contributed by atoms with E-state index in [0.29, 0.717) is 5.56 Å². The third-order valence-electron chi connectivity index (χ3n) is 2.99. The third-order valence-corrected chi connectivity index (χ3v) is 3.48. The molecular weight excluding hydrogens is 304 g/mol. The van der Waals surface area contributed by atoms with E-state index in [-0.39, 0.29) is 23.0 Å². The van der Waals surface area contributed by atoms with Crippen molar-refractivity contribution in [3.05, 3.63) is 65.4 Å². The zero-order chi connectivity index (χ0) is 15.7. The van der Waals surface area contributed by atoms with Gasteiger partial charge in [0.1, 0.15) is 11.5 Å². The number of allylic oxidation sites excluding steroid dienone is 1. The maximum absolute atomic E-state index is 12.2. The van der Waals surface area contributed by atoms with Crippen molar-refractivity contribution in [1.29, 1.82) is 0 Å². The predicted octanol–water partition coefficient (Wildman–Crippen LogP) is 2.64. The van der Waals surface area contributed by atoms with Crippen LogP contribution in [0.4, 0.5) is 0 Å². The van der Waals surface area contributed by atoms with E-state index in [0.717, 1.165) is 11.8 Å². The van der Waals surface area contributed by atoms with E-state index in [1.165, 1.54) is 18.2 Å². The van der Waals surface area contributed by atoms with Crippen molar-refractivity contribution in [2.24, 2.45) is 0 Å². The van der Waals surface area contributed by atoms with Crippen molar-refractivity contribution in [2.45, 2.75) is 0 Å². The van der Waals surface area contributed by atoms with Gasteiger partial charge in [0.2, 0.25) is 5.78 Å². The quantitative estimate of drug-likeness (QED) is 0.643. The second kappa shape index (κ2) is 5.31. The van der Waals surface area contributed by atoms with Crippen LogP contribution >= 0.6 is 0 Å². The lowest BCUT2D eigenvalue weighted by Gasteiger charge is -2.03. The van der Waals surface area contributed by atoms with E-state index in [4.69, 9.17) is 8.92 Å². The number of carbonyl (C=O) groups is 1. The van der Waals surface area contributed by atoms with Gasteiger partial charge in [-0.2, -0.15) is 8.42 Å². The monoisotopic (exact) mass is 316 g/mol. The number of fused-ring (bicyclic) bond motifs is 1. The summed E-state index contributed by atoms with van der Waals surface area (Å²) in [6.45, 7) is 0. The zero-order valence-electron chi connectivity index (χ0n) is 11.6. The van der Waals surface area contributed by atoms with Gasteiger partial charge in [-0.3, -0.25) is 4.79 Å². The summed E-state index contributed by atoms with van der Waals surface area (Å²) >= 11 is 0. The van der Waals surface area contributed by atoms with Crippen molar-refractivity contribution >= 4 is 22.0 Å². The molecule has 0 fully saturated rings. The number of rotatable bonds is 3. The Labute approximate surface area is 127 Å². The molecule has 3 rings (SSSR count). The Morgan fingerprint density at radius 3 is 2.50 bits per heavy atom. The van der Waals surface area contributed by atoms with E-state index >= 15 is 0 Å². The summed E-state index contributed by atoms with van der Waals surface area (Å²) in [6, 6.07) is 13.6. The molecule has 1 heterocycles. The maximum atomic E-state index is 12.2. The highest BCUT2D eigenvalue weighted by molar-refractivity contribution is 7.86. The fraction of sp³-hybridized carbons (Fsp3) is 0.0625. The lowest BCUT2D eigenvalue weighted by atomic mass is 10.1. The van der Waals surface area contributed by atoms with E-state index < -0.39 is 10.1 Å². The van der Waals surface area contributed by atoms with Crippen molar-refractivity contribution < 1.29 is 22.1 Å². The first-order valence-electron chi connectivity index (χ1n) is 6.45. The molecular formula is C16H12O5S. The summed E-state index contributed by atoms with van der Waals surface area (Å²) in [7, 11) is -3.63. The molecule has 0 atom stereocenters. The molecule has 0 aliphatic carbocycles. The summed E-state index contributed by atoms with van der Waals surface area (Å²) < 4.78 is 32.6. The van der Waals surface area contributed by atoms with Crippen LogP contribution < -0.4 is 8.92 Å². The molecule has 6 heteroatoms. The largest absolute Gasteiger partial charge is 0.452 e. The lowest BCUT2D eigenvalue weighted by Crippen LogP contribution is -2.05. The number of carbonyl (C=O) groups excluding carboxylic acids is 1. The van der Waals surface area contributed by atoms with Gasteiger partial charge in [0.25, 0.3) is 0 Å². The Balaban J connectivity index is 1.92. The minimum atomic E-state index is -3.63. The van der Waals surface area contributed by atoms with Crippen LogP contribution in [0, 0.1) is 0 Å². The molecule has 2 aromatic rings. The summed E-state index contributed by atoms with van der Waals surface area (Å²) in [5, 5.41) is 0. The smallest absolute Gasteiger partial charge is 0.306 e. The average Bonchev–Trinajstić information content (AvgIpc) is 2.74. The number of hydrogen-bond donors (Lipinski definition) is 0. The predicted molar refractivity (Wildman–Crippen MR) is 81.3 cm³/mol. The fourth-order valence-corrected chi connectivity index (χ4v) is 2.55. The highest BCUT2D eigenvalue weighted by atomic mass is 32.2. The number of hydrogen-bond acceptors (Lipinski definition) is 5. The zero-order valence-corrected chi connectivity index (χ0v) is 12.5. The third kappa shape index (κ3) is 3.01. The number of benzene rings is 2. The van der Waals surface area contributed by atoms with Gasteiger partial charge in [0, 0.05) is 6.07 Å². The molecule has 112 valence electrons. The topological polar surface area (TPSA) is 69.7 Å². The summed E-state index contributed by atoms with van der Waals surface area (Å²) in [5.74, 6) is 0.339. The number of Topliss-reactive ketones (excluding diaryl/α,β-unsaturated/α-hetero) is 1. The normalized spacial score (nSPS) is 15.5. The molecule has 1 aliphatic rings. The number of ketones is 1. The van der Waals surface area contributed by atoms with Gasteiger partial charge in [-0.25, -0.2) is 0 Å². The lowest BCUT2D eigenvalue weighted by molar-refractivity contribution is 0.101. The molecule has 0 saturated heterocycles. The summed E-state index contributed by atoms with van der Waals surface area (Å²) in [4.78, 5) is 12.2. The average molecular weight is 316 g/mol. The SMILES string of the molecule is CS(=O)(=O)Oc1ccc2c(c1)O/C(=C/c1ccccc1)C2=O. The second-order valence-corrected chi connectivity index (χ2v) is 6.37.